The number of amides is 1. The van der Waals surface area contributed by atoms with Gasteiger partial charge in [0.2, 0.25) is 10.0 Å². The summed E-state index contributed by atoms with van der Waals surface area (Å²) in [6.07, 6.45) is 5.61. The molecule has 1 atom stereocenters. The van der Waals surface area contributed by atoms with Gasteiger partial charge in [-0.25, -0.2) is 13.4 Å². The van der Waals surface area contributed by atoms with Crippen molar-refractivity contribution in [2.24, 2.45) is 0 Å². The van der Waals surface area contributed by atoms with Crippen LogP contribution in [-0.4, -0.2) is 59.3 Å². The molecule has 4 N–H and O–H groups in total. The van der Waals surface area contributed by atoms with E-state index in [1.807, 2.05) is 6.07 Å². The van der Waals surface area contributed by atoms with E-state index < -0.39 is 40.2 Å². The molecular weight excluding hydrogens is 555 g/mol. The molecule has 0 spiro atoms. The molecule has 0 fully saturated rings. The van der Waals surface area contributed by atoms with Crippen LogP contribution in [0.1, 0.15) is 33.6 Å². The van der Waals surface area contributed by atoms with E-state index in [0.717, 1.165) is 30.9 Å². The van der Waals surface area contributed by atoms with Crippen molar-refractivity contribution in [3.05, 3.63) is 75.2 Å². The molecule has 38 heavy (non-hydrogen) atoms. The maximum absolute atomic E-state index is 12.6. The Morgan fingerprint density at radius 1 is 1.18 bits per heavy atom. The quantitative estimate of drug-likeness (QED) is 0.269. The van der Waals surface area contributed by atoms with Crippen molar-refractivity contribution in [3.63, 3.8) is 0 Å². The highest BCUT2D eigenvalue weighted by molar-refractivity contribution is 7.88. The molecule has 4 rings (SSSR count). The number of carboxylic acid groups (broad SMARTS) is 1. The predicted molar refractivity (Wildman–Crippen MR) is 143 cm³/mol. The van der Waals surface area contributed by atoms with Crippen molar-refractivity contribution in [2.45, 2.75) is 37.6 Å². The first kappa shape index (κ1) is 27.8. The first-order valence-corrected chi connectivity index (χ1v) is 14.2. The van der Waals surface area contributed by atoms with Crippen LogP contribution in [0.5, 0.6) is 0 Å². The first-order valence-electron chi connectivity index (χ1n) is 11.8. The third-order valence-electron chi connectivity index (χ3n) is 5.87. The van der Waals surface area contributed by atoms with E-state index in [9.17, 15) is 23.1 Å². The second-order valence-electron chi connectivity index (χ2n) is 8.81. The van der Waals surface area contributed by atoms with Gasteiger partial charge < -0.3 is 15.7 Å². The Bertz CT molecular complexity index is 1450. The van der Waals surface area contributed by atoms with Crippen molar-refractivity contribution in [2.75, 3.05) is 18.4 Å². The summed E-state index contributed by atoms with van der Waals surface area (Å²) >= 11 is 11.8. The summed E-state index contributed by atoms with van der Waals surface area (Å²) in [5, 5.41) is 19.9. The van der Waals surface area contributed by atoms with Crippen LogP contribution in [-0.2, 0) is 40.0 Å². The monoisotopic (exact) mass is 580 g/mol. The minimum atomic E-state index is -4.07. The number of sulfonamides is 1. The van der Waals surface area contributed by atoms with E-state index in [2.05, 4.69) is 31.5 Å². The van der Waals surface area contributed by atoms with E-state index in [-0.39, 0.29) is 15.6 Å². The lowest BCUT2D eigenvalue weighted by Crippen LogP contribution is -2.48. The highest BCUT2D eigenvalue weighted by Crippen LogP contribution is 2.23. The van der Waals surface area contributed by atoms with Crippen LogP contribution in [0.2, 0.25) is 10.0 Å². The van der Waals surface area contributed by atoms with Crippen molar-refractivity contribution < 1.29 is 23.1 Å². The van der Waals surface area contributed by atoms with Gasteiger partial charge in [-0.05, 0) is 42.2 Å². The summed E-state index contributed by atoms with van der Waals surface area (Å²) in [5.74, 6) is -1.62. The molecule has 1 aliphatic heterocycles. The van der Waals surface area contributed by atoms with Gasteiger partial charge in [0.15, 0.2) is 0 Å². The second kappa shape index (κ2) is 12.1. The lowest BCUT2D eigenvalue weighted by atomic mass is 10.1. The number of aryl methyl sites for hydroxylation is 3. The maximum atomic E-state index is 12.6. The number of nitrogens with one attached hydrogen (secondary N) is 3. The molecule has 2 aromatic heterocycles. The van der Waals surface area contributed by atoms with Crippen LogP contribution < -0.4 is 15.4 Å². The number of nitrogens with zero attached hydrogens (tertiary/aromatic N) is 3. The molecule has 1 aliphatic rings. The predicted octanol–water partition coefficient (Wildman–Crippen LogP) is 2.49. The van der Waals surface area contributed by atoms with E-state index >= 15 is 0 Å². The molecule has 202 valence electrons. The van der Waals surface area contributed by atoms with Gasteiger partial charge in [-0.3, -0.25) is 14.3 Å². The summed E-state index contributed by atoms with van der Waals surface area (Å²) in [6, 6.07) is 6.79. The van der Waals surface area contributed by atoms with Crippen LogP contribution in [0.3, 0.4) is 0 Å². The van der Waals surface area contributed by atoms with Crippen LogP contribution >= 0.6 is 23.2 Å². The number of carboxylic acids is 1. The third kappa shape index (κ3) is 7.44. The number of anilines is 1. The number of fused-ring (bicyclic) bond motifs is 1. The Morgan fingerprint density at radius 3 is 2.76 bits per heavy atom. The van der Waals surface area contributed by atoms with Gasteiger partial charge in [0.1, 0.15) is 11.9 Å². The zero-order valence-electron chi connectivity index (χ0n) is 20.2. The molecule has 0 aliphatic carbocycles. The number of hydrogen-bond donors (Lipinski definition) is 4. The third-order valence-corrected chi connectivity index (χ3v) is 7.97. The number of aromatic nitrogens is 3. The lowest BCUT2D eigenvalue weighted by Gasteiger charge is -2.17. The molecule has 3 aromatic rings. The SMILES string of the molecule is O=C(NC[C@H](NS(=O)(=O)Cc1ccc(Cl)c(Cl)c1)C(=O)O)c1cnn(CCc2ccc3c(n2)NCCC3)c1. The fourth-order valence-corrected chi connectivity index (χ4v) is 5.56. The lowest BCUT2D eigenvalue weighted by molar-refractivity contribution is -0.138. The van der Waals surface area contributed by atoms with Crippen molar-refractivity contribution in [3.8, 4) is 0 Å². The minimum absolute atomic E-state index is 0.179. The molecule has 1 amide bonds. The van der Waals surface area contributed by atoms with Gasteiger partial charge in [-0.15, -0.1) is 0 Å². The molecule has 1 aromatic carbocycles. The van der Waals surface area contributed by atoms with Crippen molar-refractivity contribution in [1.29, 1.82) is 0 Å². The van der Waals surface area contributed by atoms with Crippen molar-refractivity contribution >= 4 is 50.9 Å². The molecule has 3 heterocycles. The Morgan fingerprint density at radius 2 is 2.00 bits per heavy atom. The summed E-state index contributed by atoms with van der Waals surface area (Å²) in [4.78, 5) is 28.9. The normalized spacial score (nSPS) is 13.8. The van der Waals surface area contributed by atoms with Gasteiger partial charge in [0.25, 0.3) is 5.91 Å². The van der Waals surface area contributed by atoms with Gasteiger partial charge in [-0.2, -0.15) is 9.82 Å². The summed E-state index contributed by atoms with van der Waals surface area (Å²) in [5.41, 5.74) is 2.65. The summed E-state index contributed by atoms with van der Waals surface area (Å²) in [6.45, 7) is 0.930. The van der Waals surface area contributed by atoms with Gasteiger partial charge in [-0.1, -0.05) is 35.3 Å². The average molecular weight is 581 g/mol. The Hall–Kier alpha value is -3.19. The van der Waals surface area contributed by atoms with Crippen molar-refractivity contribution in [1.82, 2.24) is 24.8 Å². The standard InChI is InChI=1S/C24H26Cl2N6O5S/c25-19-6-3-15(10-20(19)26)14-38(36,37)31-21(24(34)35)12-28-23(33)17-11-29-32(13-17)9-7-18-5-4-16-2-1-8-27-22(16)30-18/h3-6,10-11,13,21,31H,1-2,7-9,12,14H2,(H,27,30)(H,28,33)(H,34,35)/t21-/m0/s1. The molecule has 11 nitrogen and oxygen atoms in total. The molecule has 14 heteroatoms. The second-order valence-corrected chi connectivity index (χ2v) is 11.4. The van der Waals surface area contributed by atoms with E-state index in [1.54, 1.807) is 4.68 Å². The minimum Gasteiger partial charge on any atom is -0.480 e. The number of aliphatic carboxylic acids is 1. The molecule has 0 bridgehead atoms. The van der Waals surface area contributed by atoms with Gasteiger partial charge in [0.05, 0.1) is 27.6 Å². The number of rotatable bonds is 11. The molecular formula is C24H26Cl2N6O5S. The zero-order chi connectivity index (χ0) is 27.3. The van der Waals surface area contributed by atoms with Crippen LogP contribution in [0.15, 0.2) is 42.7 Å². The Balaban J connectivity index is 1.30. The van der Waals surface area contributed by atoms with E-state index in [4.69, 9.17) is 23.2 Å². The van der Waals surface area contributed by atoms with E-state index in [0.29, 0.717) is 18.5 Å². The number of benzene rings is 1. The number of pyridine rings is 1. The van der Waals surface area contributed by atoms with Crippen LogP contribution in [0.4, 0.5) is 5.82 Å². The topological polar surface area (TPSA) is 155 Å². The summed E-state index contributed by atoms with van der Waals surface area (Å²) < 4.78 is 28.7. The molecule has 0 radical (unpaired) electrons. The average Bonchev–Trinajstić information content (AvgIpc) is 3.36. The Labute approximate surface area is 229 Å². The fraction of sp³-hybridized carbons (Fsp3) is 0.333. The molecule has 0 unspecified atom stereocenters. The number of carbonyl (C=O) groups is 2. The summed E-state index contributed by atoms with van der Waals surface area (Å²) in [7, 11) is -4.07. The van der Waals surface area contributed by atoms with Gasteiger partial charge in [0, 0.05) is 37.9 Å². The highest BCUT2D eigenvalue weighted by atomic mass is 35.5. The van der Waals surface area contributed by atoms with Crippen LogP contribution in [0, 0.1) is 0 Å². The highest BCUT2D eigenvalue weighted by Gasteiger charge is 2.25. The smallest absolute Gasteiger partial charge is 0.323 e. The number of hydrogen-bond acceptors (Lipinski definition) is 7. The Kier molecular flexibility index (Phi) is 8.87. The van der Waals surface area contributed by atoms with E-state index in [1.165, 1.54) is 36.2 Å². The molecule has 0 saturated carbocycles. The van der Waals surface area contributed by atoms with Crippen LogP contribution in [0.25, 0.3) is 0 Å². The number of carbonyl (C=O) groups excluding carboxylic acids is 1. The first-order chi connectivity index (χ1) is 18.1. The maximum Gasteiger partial charge on any atom is 0.323 e. The number of halogens is 2. The zero-order valence-corrected chi connectivity index (χ0v) is 22.5. The van der Waals surface area contributed by atoms with Gasteiger partial charge >= 0.3 is 5.97 Å². The largest absolute Gasteiger partial charge is 0.480 e. The molecule has 0 saturated heterocycles. The fourth-order valence-electron chi connectivity index (χ4n) is 3.92.